The van der Waals surface area contributed by atoms with Crippen molar-refractivity contribution in [1.82, 2.24) is 14.5 Å². The van der Waals surface area contributed by atoms with E-state index in [4.69, 9.17) is 0 Å². The number of likely N-dealkylation sites (tertiary alicyclic amines) is 1. The summed E-state index contributed by atoms with van der Waals surface area (Å²) in [5, 5.41) is 0. The van der Waals surface area contributed by atoms with E-state index < -0.39 is 0 Å². The molecule has 0 radical (unpaired) electrons. The number of fused-ring (bicyclic) bond motifs is 1. The summed E-state index contributed by atoms with van der Waals surface area (Å²) in [7, 11) is 0. The minimum atomic E-state index is 0.0117. The Morgan fingerprint density at radius 1 is 1.29 bits per heavy atom. The summed E-state index contributed by atoms with van der Waals surface area (Å²) in [4.78, 5) is 17.6. The molecule has 112 valence electrons. The van der Waals surface area contributed by atoms with E-state index in [1.54, 1.807) is 0 Å². The third kappa shape index (κ3) is 2.44. The molecule has 1 aromatic heterocycles. The van der Waals surface area contributed by atoms with Crippen LogP contribution in [0.3, 0.4) is 0 Å². The lowest BCUT2D eigenvalue weighted by Crippen LogP contribution is -2.47. The van der Waals surface area contributed by atoms with Gasteiger partial charge in [-0.1, -0.05) is 18.2 Å². The molecule has 0 amide bonds. The van der Waals surface area contributed by atoms with Gasteiger partial charge in [0.1, 0.15) is 0 Å². The van der Waals surface area contributed by atoms with Crippen LogP contribution in [0.25, 0.3) is 11.0 Å². The molecule has 0 unspecified atom stereocenters. The van der Waals surface area contributed by atoms with Crippen molar-refractivity contribution in [3.8, 4) is 0 Å². The van der Waals surface area contributed by atoms with Crippen LogP contribution in [0.2, 0.25) is 0 Å². The Morgan fingerprint density at radius 3 is 2.62 bits per heavy atom. The molecule has 4 nitrogen and oxygen atoms in total. The third-order valence-corrected chi connectivity index (χ3v) is 4.77. The standard InChI is InChI=1S/C17H23N3O/c1-4-17(2,3)19-11-9-13(10-12-19)20-15-8-6-5-7-14(15)18-16(20)21/h4-8,13H,1,9-12H2,2-3H3,(H,18,21). The average Bonchev–Trinajstić information content (AvgIpc) is 2.83. The number of nitrogens with one attached hydrogen (secondary N) is 1. The number of H-pyrrole nitrogens is 1. The second-order valence-electron chi connectivity index (χ2n) is 6.39. The molecular weight excluding hydrogens is 262 g/mol. The predicted octanol–water partition coefficient (Wildman–Crippen LogP) is 2.93. The minimum Gasteiger partial charge on any atom is -0.306 e. The lowest BCUT2D eigenvalue weighted by molar-refractivity contribution is 0.109. The van der Waals surface area contributed by atoms with Gasteiger partial charge in [-0.25, -0.2) is 4.79 Å². The molecule has 0 saturated carbocycles. The Morgan fingerprint density at radius 2 is 1.95 bits per heavy atom. The molecule has 21 heavy (non-hydrogen) atoms. The van der Waals surface area contributed by atoms with Crippen LogP contribution in [0.5, 0.6) is 0 Å². The largest absolute Gasteiger partial charge is 0.326 e. The van der Waals surface area contributed by atoms with E-state index >= 15 is 0 Å². The van der Waals surface area contributed by atoms with Crippen molar-refractivity contribution in [2.75, 3.05) is 13.1 Å². The zero-order valence-corrected chi connectivity index (χ0v) is 12.8. The first-order valence-electron chi connectivity index (χ1n) is 7.61. The number of hydrogen-bond acceptors (Lipinski definition) is 2. The molecule has 1 aliphatic rings. The van der Waals surface area contributed by atoms with Gasteiger partial charge in [0.2, 0.25) is 0 Å². The Balaban J connectivity index is 1.85. The van der Waals surface area contributed by atoms with Crippen molar-refractivity contribution >= 4 is 11.0 Å². The van der Waals surface area contributed by atoms with Crippen molar-refractivity contribution in [1.29, 1.82) is 0 Å². The van der Waals surface area contributed by atoms with Crippen LogP contribution < -0.4 is 5.69 Å². The Labute approximate surface area is 125 Å². The molecule has 0 atom stereocenters. The Hall–Kier alpha value is -1.81. The molecule has 4 heteroatoms. The fourth-order valence-corrected chi connectivity index (χ4v) is 3.27. The van der Waals surface area contributed by atoms with Gasteiger partial charge in [-0.3, -0.25) is 9.47 Å². The number of para-hydroxylation sites is 2. The molecule has 0 aliphatic carbocycles. The SMILES string of the molecule is C=CC(C)(C)N1CCC(n2c(=O)[nH]c3ccccc32)CC1. The van der Waals surface area contributed by atoms with Crippen LogP contribution in [0.15, 0.2) is 41.7 Å². The molecular formula is C17H23N3O. The summed E-state index contributed by atoms with van der Waals surface area (Å²) < 4.78 is 1.94. The lowest BCUT2D eigenvalue weighted by atomic mass is 9.96. The highest BCUT2D eigenvalue weighted by Gasteiger charge is 2.29. The number of nitrogens with zero attached hydrogens (tertiary/aromatic N) is 2. The monoisotopic (exact) mass is 285 g/mol. The van der Waals surface area contributed by atoms with E-state index in [9.17, 15) is 4.79 Å². The van der Waals surface area contributed by atoms with E-state index in [0.29, 0.717) is 0 Å². The second-order valence-corrected chi connectivity index (χ2v) is 6.39. The highest BCUT2D eigenvalue weighted by Crippen LogP contribution is 2.28. The molecule has 1 N–H and O–H groups in total. The van der Waals surface area contributed by atoms with Gasteiger partial charge >= 0.3 is 5.69 Å². The first-order valence-corrected chi connectivity index (χ1v) is 7.61. The molecule has 0 bridgehead atoms. The Kier molecular flexibility index (Phi) is 3.49. The van der Waals surface area contributed by atoms with Gasteiger partial charge in [0.25, 0.3) is 0 Å². The number of rotatable bonds is 3. The molecule has 1 saturated heterocycles. The van der Waals surface area contributed by atoms with E-state index in [1.165, 1.54) is 0 Å². The molecule has 2 heterocycles. The van der Waals surface area contributed by atoms with Gasteiger partial charge in [-0.15, -0.1) is 6.58 Å². The van der Waals surface area contributed by atoms with Crippen LogP contribution in [0.1, 0.15) is 32.7 Å². The van der Waals surface area contributed by atoms with Crippen LogP contribution in [0, 0.1) is 0 Å². The molecule has 0 spiro atoms. The van der Waals surface area contributed by atoms with Crippen molar-refractivity contribution in [2.24, 2.45) is 0 Å². The molecule has 1 aliphatic heterocycles. The average molecular weight is 285 g/mol. The minimum absolute atomic E-state index is 0.0117. The number of aromatic amines is 1. The van der Waals surface area contributed by atoms with E-state index in [0.717, 1.165) is 37.0 Å². The number of imidazole rings is 1. The van der Waals surface area contributed by atoms with Crippen molar-refractivity contribution in [3.05, 3.63) is 47.4 Å². The zero-order chi connectivity index (χ0) is 15.0. The number of hydrogen-bond donors (Lipinski definition) is 1. The summed E-state index contributed by atoms with van der Waals surface area (Å²) in [6.07, 6.45) is 4.00. The summed E-state index contributed by atoms with van der Waals surface area (Å²) >= 11 is 0. The van der Waals surface area contributed by atoms with Crippen molar-refractivity contribution in [3.63, 3.8) is 0 Å². The third-order valence-electron chi connectivity index (χ3n) is 4.77. The molecule has 3 rings (SSSR count). The topological polar surface area (TPSA) is 41.0 Å². The van der Waals surface area contributed by atoms with Crippen molar-refractivity contribution in [2.45, 2.75) is 38.3 Å². The molecule has 2 aromatic rings. The van der Waals surface area contributed by atoms with Gasteiger partial charge in [-0.05, 0) is 38.8 Å². The maximum absolute atomic E-state index is 12.3. The summed E-state index contributed by atoms with van der Waals surface area (Å²) in [5.41, 5.74) is 1.98. The van der Waals surface area contributed by atoms with E-state index in [2.05, 4.69) is 30.3 Å². The fourth-order valence-electron chi connectivity index (χ4n) is 3.27. The van der Waals surface area contributed by atoms with Crippen LogP contribution >= 0.6 is 0 Å². The highest BCUT2D eigenvalue weighted by atomic mass is 16.1. The number of aromatic nitrogens is 2. The summed E-state index contributed by atoms with van der Waals surface area (Å²) in [6.45, 7) is 10.3. The zero-order valence-electron chi connectivity index (χ0n) is 12.8. The van der Waals surface area contributed by atoms with Crippen LogP contribution in [-0.2, 0) is 0 Å². The maximum Gasteiger partial charge on any atom is 0.326 e. The smallest absolute Gasteiger partial charge is 0.306 e. The van der Waals surface area contributed by atoms with Crippen LogP contribution in [0.4, 0.5) is 0 Å². The van der Waals surface area contributed by atoms with E-state index in [-0.39, 0.29) is 17.3 Å². The highest BCUT2D eigenvalue weighted by molar-refractivity contribution is 5.75. The summed E-state index contributed by atoms with van der Waals surface area (Å²) in [6, 6.07) is 8.21. The fraction of sp³-hybridized carbons (Fsp3) is 0.471. The Bertz CT molecular complexity index is 702. The number of piperidine rings is 1. The maximum atomic E-state index is 12.3. The summed E-state index contributed by atoms with van der Waals surface area (Å²) in [5.74, 6) is 0. The van der Waals surface area contributed by atoms with Gasteiger partial charge in [0.15, 0.2) is 0 Å². The first-order chi connectivity index (χ1) is 10.0. The quantitative estimate of drug-likeness (QED) is 0.881. The van der Waals surface area contributed by atoms with Crippen molar-refractivity contribution < 1.29 is 0 Å². The molecule has 1 aromatic carbocycles. The molecule has 1 fully saturated rings. The van der Waals surface area contributed by atoms with Gasteiger partial charge in [-0.2, -0.15) is 0 Å². The lowest BCUT2D eigenvalue weighted by Gasteiger charge is -2.41. The number of benzene rings is 1. The predicted molar refractivity (Wildman–Crippen MR) is 86.7 cm³/mol. The van der Waals surface area contributed by atoms with E-state index in [1.807, 2.05) is 34.9 Å². The normalized spacial score (nSPS) is 18.2. The first kappa shape index (κ1) is 14.1. The van der Waals surface area contributed by atoms with Crippen LogP contribution in [-0.4, -0.2) is 33.1 Å². The van der Waals surface area contributed by atoms with Gasteiger partial charge in [0.05, 0.1) is 11.0 Å². The second kappa shape index (κ2) is 5.19. The van der Waals surface area contributed by atoms with Gasteiger partial charge in [0, 0.05) is 24.7 Å². The van der Waals surface area contributed by atoms with Gasteiger partial charge < -0.3 is 4.98 Å².